The molecule has 0 saturated carbocycles. The number of rotatable bonds is 21. The van der Waals surface area contributed by atoms with Crippen molar-refractivity contribution in [1.29, 1.82) is 0 Å². The van der Waals surface area contributed by atoms with E-state index in [0.717, 1.165) is 31.4 Å². The Morgan fingerprint density at radius 3 is 2.32 bits per heavy atom. The summed E-state index contributed by atoms with van der Waals surface area (Å²) in [5.41, 5.74) is 1.20. The van der Waals surface area contributed by atoms with E-state index in [4.69, 9.17) is 9.47 Å². The van der Waals surface area contributed by atoms with Crippen molar-refractivity contribution in [3.63, 3.8) is 0 Å². The van der Waals surface area contributed by atoms with Crippen LogP contribution in [0.2, 0.25) is 0 Å². The fourth-order valence-corrected chi connectivity index (χ4v) is 8.03. The quantitative estimate of drug-likeness (QED) is 0.139. The zero-order valence-corrected chi connectivity index (χ0v) is 34.1. The first-order valence-electron chi connectivity index (χ1n) is 19.2. The molecule has 1 fully saturated rings. The third kappa shape index (κ3) is 13.6. The highest BCUT2D eigenvalue weighted by Crippen LogP contribution is 2.32. The molecule has 2 aromatic rings. The summed E-state index contributed by atoms with van der Waals surface area (Å²) in [7, 11) is 3.75. The van der Waals surface area contributed by atoms with E-state index in [1.165, 1.54) is 18.3 Å². The Hall–Kier alpha value is -3.64. The Balaban J connectivity index is 1.81. The van der Waals surface area contributed by atoms with Gasteiger partial charge in [-0.3, -0.25) is 28.9 Å². The van der Waals surface area contributed by atoms with Crippen LogP contribution in [0.5, 0.6) is 0 Å². The van der Waals surface area contributed by atoms with Crippen LogP contribution in [0.3, 0.4) is 0 Å². The van der Waals surface area contributed by atoms with Crippen LogP contribution in [0.1, 0.15) is 121 Å². The van der Waals surface area contributed by atoms with Crippen molar-refractivity contribution in [2.75, 3.05) is 27.2 Å². The summed E-state index contributed by atoms with van der Waals surface area (Å²) in [6, 6.07) is 8.90. The number of carbonyl (C=O) groups is 5. The number of Topliss-reactive ketones (excluding diaryl/α,β-unsaturated/α-hetero) is 1. The maximum Gasteiger partial charge on any atom is 0.308 e. The van der Waals surface area contributed by atoms with Crippen LogP contribution in [-0.4, -0.2) is 89.7 Å². The number of likely N-dealkylation sites (N-methyl/N-ethyl adjacent to an activating group) is 1. The zero-order chi connectivity index (χ0) is 39.2. The highest BCUT2D eigenvalue weighted by molar-refractivity contribution is 7.09. The van der Waals surface area contributed by atoms with E-state index >= 15 is 0 Å². The van der Waals surface area contributed by atoms with Crippen LogP contribution in [0.25, 0.3) is 0 Å². The molecule has 1 aromatic carbocycles. The van der Waals surface area contributed by atoms with Crippen LogP contribution in [0.4, 0.5) is 0 Å². The van der Waals surface area contributed by atoms with E-state index in [2.05, 4.69) is 29.0 Å². The molecule has 0 unspecified atom stereocenters. The molecule has 12 heteroatoms. The summed E-state index contributed by atoms with van der Waals surface area (Å²) >= 11 is 1.22. The van der Waals surface area contributed by atoms with Crippen LogP contribution in [0, 0.1) is 23.7 Å². The summed E-state index contributed by atoms with van der Waals surface area (Å²) in [6.07, 6.45) is 3.83. The molecule has 2 heterocycles. The Morgan fingerprint density at radius 2 is 1.74 bits per heavy atom. The number of hydrogen-bond acceptors (Lipinski definition) is 10. The first-order valence-corrected chi connectivity index (χ1v) is 20.1. The second-order valence-electron chi connectivity index (χ2n) is 15.4. The minimum Gasteiger partial charge on any atom is -0.466 e. The van der Waals surface area contributed by atoms with Crippen molar-refractivity contribution in [3.8, 4) is 0 Å². The molecular formula is C41H62N4O7S. The van der Waals surface area contributed by atoms with Crippen molar-refractivity contribution in [2.45, 2.75) is 124 Å². The van der Waals surface area contributed by atoms with Crippen molar-refractivity contribution < 1.29 is 33.4 Å². The summed E-state index contributed by atoms with van der Waals surface area (Å²) in [5.74, 6) is -1.66. The highest BCUT2D eigenvalue weighted by atomic mass is 32.1. The van der Waals surface area contributed by atoms with E-state index in [1.54, 1.807) is 31.2 Å². The molecule has 0 radical (unpaired) electrons. The number of amides is 2. The third-order valence-corrected chi connectivity index (χ3v) is 11.1. The molecule has 1 saturated heterocycles. The van der Waals surface area contributed by atoms with Gasteiger partial charge in [0.05, 0.1) is 18.6 Å². The van der Waals surface area contributed by atoms with Gasteiger partial charge in [-0.1, -0.05) is 71.4 Å². The number of nitrogens with zero attached hydrogens (tertiary/aromatic N) is 3. The van der Waals surface area contributed by atoms with Gasteiger partial charge in [-0.2, -0.15) is 0 Å². The lowest BCUT2D eigenvalue weighted by atomic mass is 9.88. The topological polar surface area (TPSA) is 135 Å². The molecule has 0 bridgehead atoms. The van der Waals surface area contributed by atoms with Crippen molar-refractivity contribution >= 4 is 40.9 Å². The van der Waals surface area contributed by atoms with E-state index in [0.29, 0.717) is 30.2 Å². The number of hydrogen-bond donors (Lipinski definition) is 1. The van der Waals surface area contributed by atoms with Crippen molar-refractivity contribution in [1.82, 2.24) is 20.1 Å². The maximum absolute atomic E-state index is 14.2. The van der Waals surface area contributed by atoms with Gasteiger partial charge >= 0.3 is 11.9 Å². The fraction of sp³-hybridized carbons (Fsp3) is 0.659. The summed E-state index contributed by atoms with van der Waals surface area (Å²) in [6.45, 7) is 14.3. The Bertz CT molecular complexity index is 1500. The molecular weight excluding hydrogens is 693 g/mol. The van der Waals surface area contributed by atoms with Gasteiger partial charge in [0, 0.05) is 50.2 Å². The monoisotopic (exact) mass is 754 g/mol. The molecule has 0 spiro atoms. The van der Waals surface area contributed by atoms with Gasteiger partial charge in [-0.05, 0) is 70.0 Å². The van der Waals surface area contributed by atoms with Gasteiger partial charge < -0.3 is 19.7 Å². The number of nitrogens with one attached hydrogen (secondary N) is 1. The molecule has 0 aliphatic carbocycles. The van der Waals surface area contributed by atoms with Gasteiger partial charge in [-0.15, -0.1) is 11.3 Å². The average molecular weight is 755 g/mol. The number of aromatic nitrogens is 1. The predicted molar refractivity (Wildman–Crippen MR) is 207 cm³/mol. The summed E-state index contributed by atoms with van der Waals surface area (Å²) in [4.78, 5) is 74.6. The predicted octanol–water partition coefficient (Wildman–Crippen LogP) is 6.66. The fourth-order valence-electron chi connectivity index (χ4n) is 7.19. The van der Waals surface area contributed by atoms with Gasteiger partial charge in [-0.25, -0.2) is 4.98 Å². The first-order chi connectivity index (χ1) is 25.1. The number of ether oxygens (including phenoxy) is 2. The lowest BCUT2D eigenvalue weighted by Gasteiger charge is -2.36. The largest absolute Gasteiger partial charge is 0.466 e. The number of ketones is 1. The minimum absolute atomic E-state index is 0.00714. The smallest absolute Gasteiger partial charge is 0.308 e. The SMILES string of the molecule is CCOC(=O)[C@@H](C)C[C@H](Cc1ccccc1)NC(=O)c1csc([C@@H](C[C@H](C(C)C)N(C)C(=O)[C@H](CCC(C)C)CC(=O)[C@H]2CCCN2C)OC(C)=O)n1. The van der Waals surface area contributed by atoms with Crippen molar-refractivity contribution in [2.24, 2.45) is 23.7 Å². The van der Waals surface area contributed by atoms with Crippen LogP contribution in [0.15, 0.2) is 35.7 Å². The molecule has 6 atom stereocenters. The number of likely N-dealkylation sites (tertiary alicyclic amines) is 1. The number of thiazole rings is 1. The molecule has 2 amide bonds. The highest BCUT2D eigenvalue weighted by Gasteiger charge is 2.36. The Morgan fingerprint density at radius 1 is 1.04 bits per heavy atom. The van der Waals surface area contributed by atoms with Gasteiger partial charge in [0.1, 0.15) is 10.7 Å². The molecule has 3 rings (SSSR count). The molecule has 1 aliphatic heterocycles. The molecule has 294 valence electrons. The molecule has 53 heavy (non-hydrogen) atoms. The van der Waals surface area contributed by atoms with E-state index < -0.39 is 29.8 Å². The Labute approximate surface area is 320 Å². The number of esters is 2. The molecule has 11 nitrogen and oxygen atoms in total. The molecule has 1 aliphatic rings. The average Bonchev–Trinajstić information content (AvgIpc) is 3.77. The summed E-state index contributed by atoms with van der Waals surface area (Å²) < 4.78 is 11.0. The number of benzene rings is 1. The standard InChI is InChI=1S/C41H62N4O7S/c1-10-51-41(50)28(6)21-32(22-30-15-12-11-13-16-30)42-38(48)33-25-53-39(43-33)37(52-29(7)46)24-35(27(4)5)45(9)40(49)31(19-18-26(2)3)23-36(47)34-17-14-20-44(34)8/h11-13,15-16,25-28,31-32,34-35,37H,10,14,17-24H2,1-9H3,(H,42,48)/t28-,31+,32+,34+,35+,37+/m0/s1. The lowest BCUT2D eigenvalue weighted by molar-refractivity contribution is -0.149. The molecule has 1 aromatic heterocycles. The van der Waals surface area contributed by atoms with E-state index in [9.17, 15) is 24.0 Å². The normalized spacial score (nSPS) is 17.5. The zero-order valence-electron chi connectivity index (χ0n) is 33.3. The van der Waals surface area contributed by atoms with Gasteiger partial charge in [0.2, 0.25) is 5.91 Å². The van der Waals surface area contributed by atoms with Crippen molar-refractivity contribution in [3.05, 3.63) is 52.0 Å². The maximum atomic E-state index is 14.2. The minimum atomic E-state index is -0.798. The lowest BCUT2D eigenvalue weighted by Crippen LogP contribution is -2.45. The number of carbonyl (C=O) groups excluding carboxylic acids is 5. The summed E-state index contributed by atoms with van der Waals surface area (Å²) in [5, 5.41) is 5.16. The molecule has 1 N–H and O–H groups in total. The second kappa shape index (κ2) is 21.3. The third-order valence-electron chi connectivity index (χ3n) is 10.2. The van der Waals surface area contributed by atoms with Gasteiger partial charge in [0.15, 0.2) is 11.9 Å². The van der Waals surface area contributed by atoms with Gasteiger partial charge in [0.25, 0.3) is 5.91 Å². The second-order valence-corrected chi connectivity index (χ2v) is 16.3. The first kappa shape index (κ1) is 43.8. The van der Waals surface area contributed by atoms with E-state index in [-0.39, 0.29) is 66.8 Å². The Kier molecular flexibility index (Phi) is 17.6. The van der Waals surface area contributed by atoms with Crippen LogP contribution in [-0.2, 0) is 35.1 Å². The van der Waals surface area contributed by atoms with E-state index in [1.807, 2.05) is 51.2 Å². The van der Waals surface area contributed by atoms with Crippen LogP contribution >= 0.6 is 11.3 Å². The van der Waals surface area contributed by atoms with Crippen LogP contribution < -0.4 is 5.32 Å².